The molecule has 68 valence electrons. The second kappa shape index (κ2) is 2.92. The summed E-state index contributed by atoms with van der Waals surface area (Å²) in [6, 6.07) is 0. The molecule has 0 fully saturated rings. The first kappa shape index (κ1) is 9.30. The molecule has 0 amide bonds. The minimum atomic E-state index is -0.684. The Balaban J connectivity index is 2.67. The highest BCUT2D eigenvalue weighted by molar-refractivity contribution is 5.67. The third-order valence-corrected chi connectivity index (χ3v) is 3.17. The van der Waals surface area contributed by atoms with E-state index in [1.807, 2.05) is 0 Å². The molecule has 0 aromatic rings. The molecule has 0 aromatic carbocycles. The Bertz CT molecular complexity index is 226. The molecule has 2 nitrogen and oxygen atoms in total. The summed E-state index contributed by atoms with van der Waals surface area (Å²) in [5.41, 5.74) is 1.41. The number of hydrogen-bond acceptors (Lipinski definition) is 1. The van der Waals surface area contributed by atoms with E-state index in [1.54, 1.807) is 0 Å². The molecule has 1 N–H and O–H groups in total. The molecule has 0 radical (unpaired) electrons. The summed E-state index contributed by atoms with van der Waals surface area (Å²) < 4.78 is 0. The van der Waals surface area contributed by atoms with Crippen LogP contribution in [0.25, 0.3) is 0 Å². The van der Waals surface area contributed by atoms with Crippen molar-refractivity contribution in [1.29, 1.82) is 0 Å². The van der Waals surface area contributed by atoms with E-state index in [0.29, 0.717) is 6.42 Å². The standard InChI is InChI=1S/C10H16O2/c1-7-4-5-8(6-9(11)12)10(7,2)3/h4,8H,5-6H2,1-3H3,(H,11,12)/t8-/m0/s1. The minimum absolute atomic E-state index is 0.0817. The molecule has 1 atom stereocenters. The second-order valence-electron chi connectivity index (χ2n) is 4.14. The lowest BCUT2D eigenvalue weighted by molar-refractivity contribution is -0.138. The van der Waals surface area contributed by atoms with Crippen LogP contribution >= 0.6 is 0 Å². The Morgan fingerprint density at radius 3 is 2.67 bits per heavy atom. The van der Waals surface area contributed by atoms with Crippen molar-refractivity contribution in [2.45, 2.75) is 33.6 Å². The fourth-order valence-electron chi connectivity index (χ4n) is 1.75. The van der Waals surface area contributed by atoms with Gasteiger partial charge in [-0.3, -0.25) is 4.79 Å². The van der Waals surface area contributed by atoms with Gasteiger partial charge in [0.15, 0.2) is 0 Å². The number of rotatable bonds is 2. The molecular formula is C10H16O2. The van der Waals surface area contributed by atoms with Crippen molar-refractivity contribution in [2.75, 3.05) is 0 Å². The van der Waals surface area contributed by atoms with E-state index >= 15 is 0 Å². The third-order valence-electron chi connectivity index (χ3n) is 3.17. The Labute approximate surface area is 73.3 Å². The van der Waals surface area contributed by atoms with Crippen LogP contribution in [0, 0.1) is 11.3 Å². The Morgan fingerprint density at radius 1 is 1.75 bits per heavy atom. The maximum absolute atomic E-state index is 10.5. The summed E-state index contributed by atoms with van der Waals surface area (Å²) in [7, 11) is 0. The van der Waals surface area contributed by atoms with Gasteiger partial charge in [0.2, 0.25) is 0 Å². The number of carbonyl (C=O) groups is 1. The van der Waals surface area contributed by atoms with Crippen molar-refractivity contribution in [3.05, 3.63) is 11.6 Å². The molecule has 2 heteroatoms. The zero-order valence-electron chi connectivity index (χ0n) is 7.92. The van der Waals surface area contributed by atoms with Crippen LogP contribution in [0.15, 0.2) is 11.6 Å². The summed E-state index contributed by atoms with van der Waals surface area (Å²) in [5.74, 6) is -0.397. The lowest BCUT2D eigenvalue weighted by Gasteiger charge is -2.28. The van der Waals surface area contributed by atoms with Crippen molar-refractivity contribution >= 4 is 5.97 Å². The fourth-order valence-corrected chi connectivity index (χ4v) is 1.75. The van der Waals surface area contributed by atoms with E-state index in [4.69, 9.17) is 5.11 Å². The van der Waals surface area contributed by atoms with Crippen LogP contribution in [0.1, 0.15) is 33.6 Å². The van der Waals surface area contributed by atoms with Gasteiger partial charge in [-0.25, -0.2) is 0 Å². The monoisotopic (exact) mass is 168 g/mol. The fraction of sp³-hybridized carbons (Fsp3) is 0.700. The third kappa shape index (κ3) is 1.52. The van der Waals surface area contributed by atoms with Gasteiger partial charge in [0.05, 0.1) is 0 Å². The topological polar surface area (TPSA) is 37.3 Å². The molecular weight excluding hydrogens is 152 g/mol. The number of hydrogen-bond donors (Lipinski definition) is 1. The SMILES string of the molecule is CC1=CC[C@@H](CC(=O)O)C1(C)C. The number of aliphatic carboxylic acids is 1. The molecule has 1 rings (SSSR count). The van der Waals surface area contributed by atoms with Crippen molar-refractivity contribution in [3.8, 4) is 0 Å². The van der Waals surface area contributed by atoms with Gasteiger partial charge in [-0.2, -0.15) is 0 Å². The molecule has 1 aliphatic carbocycles. The zero-order valence-corrected chi connectivity index (χ0v) is 7.92. The molecule has 0 saturated heterocycles. The van der Waals surface area contributed by atoms with Crippen LogP contribution in [-0.2, 0) is 4.79 Å². The normalized spacial score (nSPS) is 26.9. The van der Waals surface area contributed by atoms with E-state index in [9.17, 15) is 4.79 Å². The van der Waals surface area contributed by atoms with Gasteiger partial charge in [0.1, 0.15) is 0 Å². The first-order valence-corrected chi connectivity index (χ1v) is 4.33. The van der Waals surface area contributed by atoms with Crippen LogP contribution in [-0.4, -0.2) is 11.1 Å². The number of carboxylic acid groups (broad SMARTS) is 1. The Morgan fingerprint density at radius 2 is 2.33 bits per heavy atom. The predicted octanol–water partition coefficient (Wildman–Crippen LogP) is 2.45. The zero-order chi connectivity index (χ0) is 9.35. The largest absolute Gasteiger partial charge is 0.481 e. The molecule has 0 aromatic heterocycles. The summed E-state index contributed by atoms with van der Waals surface area (Å²) in [6.07, 6.45) is 3.37. The average Bonchev–Trinajstić information content (AvgIpc) is 2.15. The summed E-state index contributed by atoms with van der Waals surface area (Å²) >= 11 is 0. The number of carboxylic acids is 1. The molecule has 0 saturated carbocycles. The van der Waals surface area contributed by atoms with Crippen LogP contribution < -0.4 is 0 Å². The van der Waals surface area contributed by atoms with Crippen LogP contribution in [0.5, 0.6) is 0 Å². The van der Waals surface area contributed by atoms with Gasteiger partial charge in [0.25, 0.3) is 0 Å². The molecule has 1 aliphatic rings. The van der Waals surface area contributed by atoms with E-state index in [1.165, 1.54) is 5.57 Å². The van der Waals surface area contributed by atoms with Crippen LogP contribution in [0.3, 0.4) is 0 Å². The van der Waals surface area contributed by atoms with E-state index in [0.717, 1.165) is 6.42 Å². The highest BCUT2D eigenvalue weighted by Gasteiger charge is 2.35. The Kier molecular flexibility index (Phi) is 2.27. The van der Waals surface area contributed by atoms with Gasteiger partial charge in [0, 0.05) is 6.42 Å². The van der Waals surface area contributed by atoms with Crippen molar-refractivity contribution in [1.82, 2.24) is 0 Å². The molecule has 0 unspecified atom stereocenters. The van der Waals surface area contributed by atoms with Gasteiger partial charge >= 0.3 is 5.97 Å². The molecule has 0 bridgehead atoms. The van der Waals surface area contributed by atoms with Crippen molar-refractivity contribution < 1.29 is 9.90 Å². The predicted molar refractivity (Wildman–Crippen MR) is 47.9 cm³/mol. The van der Waals surface area contributed by atoms with Gasteiger partial charge in [-0.05, 0) is 24.7 Å². The van der Waals surface area contributed by atoms with E-state index in [-0.39, 0.29) is 11.3 Å². The highest BCUT2D eigenvalue weighted by Crippen LogP contribution is 2.44. The van der Waals surface area contributed by atoms with Crippen molar-refractivity contribution in [3.63, 3.8) is 0 Å². The quantitative estimate of drug-likeness (QED) is 0.643. The summed E-state index contributed by atoms with van der Waals surface area (Å²) in [6.45, 7) is 6.33. The lowest BCUT2D eigenvalue weighted by Crippen LogP contribution is -2.22. The molecule has 0 spiro atoms. The van der Waals surface area contributed by atoms with Gasteiger partial charge in [-0.1, -0.05) is 25.5 Å². The molecule has 0 aliphatic heterocycles. The highest BCUT2D eigenvalue weighted by atomic mass is 16.4. The average molecular weight is 168 g/mol. The van der Waals surface area contributed by atoms with Crippen LogP contribution in [0.4, 0.5) is 0 Å². The van der Waals surface area contributed by atoms with E-state index < -0.39 is 5.97 Å². The van der Waals surface area contributed by atoms with Gasteiger partial charge in [-0.15, -0.1) is 0 Å². The lowest BCUT2D eigenvalue weighted by atomic mass is 9.76. The maximum Gasteiger partial charge on any atom is 0.303 e. The summed E-state index contributed by atoms with van der Waals surface area (Å²) in [4.78, 5) is 10.5. The van der Waals surface area contributed by atoms with Gasteiger partial charge < -0.3 is 5.11 Å². The first-order valence-electron chi connectivity index (χ1n) is 4.33. The smallest absolute Gasteiger partial charge is 0.303 e. The second-order valence-corrected chi connectivity index (χ2v) is 4.14. The Hall–Kier alpha value is -0.790. The summed E-state index contributed by atoms with van der Waals surface area (Å²) in [5, 5.41) is 8.67. The van der Waals surface area contributed by atoms with E-state index in [2.05, 4.69) is 26.8 Å². The van der Waals surface area contributed by atoms with Crippen LogP contribution in [0.2, 0.25) is 0 Å². The maximum atomic E-state index is 10.5. The molecule has 0 heterocycles. The van der Waals surface area contributed by atoms with Crippen molar-refractivity contribution in [2.24, 2.45) is 11.3 Å². The molecule has 12 heavy (non-hydrogen) atoms. The minimum Gasteiger partial charge on any atom is -0.481 e. The first-order chi connectivity index (χ1) is 5.44. The number of allylic oxidation sites excluding steroid dienone is 2.